The van der Waals surface area contributed by atoms with Gasteiger partial charge in [0.2, 0.25) is 5.91 Å². The van der Waals surface area contributed by atoms with Crippen LogP contribution in [0.4, 0.5) is 10.2 Å². The first-order valence-electron chi connectivity index (χ1n) is 12.0. The maximum absolute atomic E-state index is 13.5. The Labute approximate surface area is 205 Å². The summed E-state index contributed by atoms with van der Waals surface area (Å²) in [7, 11) is 0. The summed E-state index contributed by atoms with van der Waals surface area (Å²) < 4.78 is 13.5. The monoisotopic (exact) mass is 468 g/mol. The number of pyridine rings is 1. The minimum atomic E-state index is -0.251. The summed E-state index contributed by atoms with van der Waals surface area (Å²) in [5.74, 6) is 0.801. The zero-order valence-corrected chi connectivity index (χ0v) is 19.9. The normalized spacial score (nSPS) is 16.4. The average Bonchev–Trinajstić information content (AvgIpc) is 2.90. The highest BCUT2D eigenvalue weighted by Gasteiger charge is 2.27. The average molecular weight is 469 g/mol. The largest absolute Gasteiger partial charge is 0.353 e. The molecular weight excluding hydrogens is 439 g/mol. The molecule has 1 fully saturated rings. The van der Waals surface area contributed by atoms with Crippen LogP contribution in [0.5, 0.6) is 0 Å². The number of halogens is 1. The zero-order valence-electron chi connectivity index (χ0n) is 19.9. The Morgan fingerprint density at radius 3 is 2.29 bits per heavy atom. The molecule has 35 heavy (non-hydrogen) atoms. The molecule has 6 heteroatoms. The lowest BCUT2D eigenvalue weighted by Crippen LogP contribution is -2.51. The van der Waals surface area contributed by atoms with Crippen molar-refractivity contribution in [2.75, 3.05) is 37.6 Å². The van der Waals surface area contributed by atoms with E-state index >= 15 is 0 Å². The van der Waals surface area contributed by atoms with Crippen molar-refractivity contribution in [2.24, 2.45) is 0 Å². The molecule has 3 heterocycles. The van der Waals surface area contributed by atoms with Crippen molar-refractivity contribution in [1.82, 2.24) is 14.8 Å². The van der Waals surface area contributed by atoms with Crippen molar-refractivity contribution in [3.05, 3.63) is 108 Å². The molecule has 178 valence electrons. The summed E-state index contributed by atoms with van der Waals surface area (Å²) in [6.07, 6.45) is 4.61. The van der Waals surface area contributed by atoms with Gasteiger partial charge in [0.15, 0.2) is 0 Å². The topological polar surface area (TPSA) is 39.7 Å². The van der Waals surface area contributed by atoms with E-state index in [0.717, 1.165) is 47.7 Å². The van der Waals surface area contributed by atoms with Gasteiger partial charge in [-0.1, -0.05) is 48.5 Å². The third kappa shape index (κ3) is 5.11. The summed E-state index contributed by atoms with van der Waals surface area (Å²) in [6.45, 7) is 5.24. The number of aromatic nitrogens is 1. The molecule has 0 unspecified atom stereocenters. The molecule has 0 saturated carbocycles. The Morgan fingerprint density at radius 1 is 0.886 bits per heavy atom. The Bertz CT molecular complexity index is 1230. The number of rotatable bonds is 5. The molecule has 1 amide bonds. The first-order valence-corrected chi connectivity index (χ1v) is 12.0. The van der Waals surface area contributed by atoms with Crippen LogP contribution in [-0.4, -0.2) is 53.4 Å². The number of allylic oxidation sites excluding steroid dienone is 2. The fraction of sp³-hybridized carbons (Fsp3) is 0.241. The van der Waals surface area contributed by atoms with Crippen LogP contribution in [0.1, 0.15) is 24.5 Å². The molecule has 0 bridgehead atoms. The van der Waals surface area contributed by atoms with Crippen LogP contribution >= 0.6 is 0 Å². The van der Waals surface area contributed by atoms with Gasteiger partial charge in [0.1, 0.15) is 18.2 Å². The van der Waals surface area contributed by atoms with Crippen molar-refractivity contribution in [3.63, 3.8) is 0 Å². The second-order valence-corrected chi connectivity index (χ2v) is 9.02. The summed E-state index contributed by atoms with van der Waals surface area (Å²) >= 11 is 0. The molecule has 5 rings (SSSR count). The lowest BCUT2D eigenvalue weighted by molar-refractivity contribution is -0.131. The molecule has 0 radical (unpaired) electrons. The second kappa shape index (κ2) is 10.1. The third-order valence-electron chi connectivity index (χ3n) is 6.63. The van der Waals surface area contributed by atoms with Gasteiger partial charge in [-0.15, -0.1) is 0 Å². The first kappa shape index (κ1) is 22.8. The SMILES string of the molecule is CC1=C(c2ccccc2)N(CC(=O)N2CCN(c3ccccn3)CC2)C=C(c2ccc(F)cc2)C1. The number of hydrogen-bond acceptors (Lipinski definition) is 4. The smallest absolute Gasteiger partial charge is 0.242 e. The van der Waals surface area contributed by atoms with Gasteiger partial charge in [-0.3, -0.25) is 4.79 Å². The summed E-state index contributed by atoms with van der Waals surface area (Å²) in [4.78, 5) is 24.1. The number of benzene rings is 2. The minimum absolute atomic E-state index is 0.100. The highest BCUT2D eigenvalue weighted by Crippen LogP contribution is 2.36. The van der Waals surface area contributed by atoms with Crippen LogP contribution in [0, 0.1) is 5.82 Å². The third-order valence-corrected chi connectivity index (χ3v) is 6.63. The van der Waals surface area contributed by atoms with Gasteiger partial charge in [0, 0.05) is 44.3 Å². The van der Waals surface area contributed by atoms with Gasteiger partial charge in [-0.05, 0) is 59.9 Å². The molecule has 0 spiro atoms. The van der Waals surface area contributed by atoms with Crippen LogP contribution < -0.4 is 4.90 Å². The Hall–Kier alpha value is -3.93. The molecule has 1 saturated heterocycles. The molecule has 0 N–H and O–H groups in total. The molecule has 3 aromatic rings. The van der Waals surface area contributed by atoms with Gasteiger partial charge in [0.25, 0.3) is 0 Å². The Kier molecular flexibility index (Phi) is 6.62. The molecular formula is C29H29FN4O. The molecule has 0 atom stereocenters. The summed E-state index contributed by atoms with van der Waals surface area (Å²) in [5.41, 5.74) is 5.39. The van der Waals surface area contributed by atoms with Gasteiger partial charge in [0.05, 0.1) is 0 Å². The van der Waals surface area contributed by atoms with E-state index in [1.165, 1.54) is 17.7 Å². The highest BCUT2D eigenvalue weighted by atomic mass is 19.1. The predicted molar refractivity (Wildman–Crippen MR) is 138 cm³/mol. The number of hydrogen-bond donors (Lipinski definition) is 0. The number of amides is 1. The standard InChI is InChI=1S/C29H29FN4O/c1-22-19-25(23-10-12-26(30)13-11-23)20-34(29(22)24-7-3-2-4-8-24)21-28(35)33-17-15-32(16-18-33)27-9-5-6-14-31-27/h2-14,20H,15-19,21H2,1H3. The van der Waals surface area contributed by atoms with Crippen LogP contribution in [0.2, 0.25) is 0 Å². The van der Waals surface area contributed by atoms with E-state index < -0.39 is 0 Å². The number of anilines is 1. The molecule has 2 aromatic carbocycles. The van der Waals surface area contributed by atoms with Gasteiger partial charge in [-0.2, -0.15) is 0 Å². The van der Waals surface area contributed by atoms with Gasteiger partial charge in [-0.25, -0.2) is 9.37 Å². The maximum Gasteiger partial charge on any atom is 0.242 e. The van der Waals surface area contributed by atoms with Gasteiger partial charge < -0.3 is 14.7 Å². The van der Waals surface area contributed by atoms with Crippen molar-refractivity contribution in [1.29, 1.82) is 0 Å². The maximum atomic E-state index is 13.5. The van der Waals surface area contributed by atoms with Crippen molar-refractivity contribution in [2.45, 2.75) is 13.3 Å². The number of carbonyl (C=O) groups is 1. The van der Waals surface area contributed by atoms with Crippen LogP contribution in [-0.2, 0) is 4.79 Å². The van der Waals surface area contributed by atoms with Crippen LogP contribution in [0.3, 0.4) is 0 Å². The van der Waals surface area contributed by atoms with Crippen LogP contribution in [0.25, 0.3) is 11.3 Å². The highest BCUT2D eigenvalue weighted by molar-refractivity contribution is 5.84. The van der Waals surface area contributed by atoms with Gasteiger partial charge >= 0.3 is 0 Å². The molecule has 1 aromatic heterocycles. The van der Waals surface area contributed by atoms with E-state index in [4.69, 9.17) is 0 Å². The van der Waals surface area contributed by atoms with Crippen molar-refractivity contribution in [3.8, 4) is 0 Å². The van der Waals surface area contributed by atoms with E-state index in [1.54, 1.807) is 18.3 Å². The lowest BCUT2D eigenvalue weighted by atomic mass is 9.92. The van der Waals surface area contributed by atoms with E-state index in [0.29, 0.717) is 13.1 Å². The molecule has 2 aliphatic heterocycles. The van der Waals surface area contributed by atoms with Crippen molar-refractivity contribution >= 4 is 23.0 Å². The second-order valence-electron chi connectivity index (χ2n) is 9.02. The fourth-order valence-electron chi connectivity index (χ4n) is 4.86. The number of carbonyl (C=O) groups excluding carboxylic acids is 1. The Balaban J connectivity index is 1.36. The minimum Gasteiger partial charge on any atom is -0.353 e. The number of nitrogens with zero attached hydrogens (tertiary/aromatic N) is 4. The fourth-order valence-corrected chi connectivity index (χ4v) is 4.86. The molecule has 2 aliphatic rings. The summed E-state index contributed by atoms with van der Waals surface area (Å²) in [5, 5.41) is 0. The predicted octanol–water partition coefficient (Wildman–Crippen LogP) is 5.05. The zero-order chi connectivity index (χ0) is 24.2. The molecule has 0 aliphatic carbocycles. The van der Waals surface area contributed by atoms with Crippen molar-refractivity contribution < 1.29 is 9.18 Å². The lowest BCUT2D eigenvalue weighted by Gasteiger charge is -2.37. The Morgan fingerprint density at radius 2 is 1.60 bits per heavy atom. The van der Waals surface area contributed by atoms with E-state index in [9.17, 15) is 9.18 Å². The summed E-state index contributed by atoms with van der Waals surface area (Å²) in [6, 6.07) is 22.7. The first-order chi connectivity index (χ1) is 17.1. The van der Waals surface area contributed by atoms with Crippen LogP contribution in [0.15, 0.2) is 90.8 Å². The molecule has 5 nitrogen and oxygen atoms in total. The number of piperazine rings is 1. The van der Waals surface area contributed by atoms with E-state index in [2.05, 4.69) is 40.0 Å². The van der Waals surface area contributed by atoms with E-state index in [-0.39, 0.29) is 18.3 Å². The van der Waals surface area contributed by atoms with E-state index in [1.807, 2.05) is 41.3 Å². The quantitative estimate of drug-likeness (QED) is 0.526.